The van der Waals surface area contributed by atoms with Crippen molar-refractivity contribution in [1.29, 1.82) is 0 Å². The zero-order valence-electron chi connectivity index (χ0n) is 16.1. The molecule has 26 heavy (non-hydrogen) atoms. The molecule has 1 amide bonds. The Morgan fingerprint density at radius 1 is 1.23 bits per heavy atom. The number of hydrogen-bond donors (Lipinski definition) is 1. The number of morpholine rings is 1. The highest BCUT2D eigenvalue weighted by atomic mass is 16.5. The summed E-state index contributed by atoms with van der Waals surface area (Å²) >= 11 is 0. The summed E-state index contributed by atoms with van der Waals surface area (Å²) in [5.74, 6) is 2.33. The van der Waals surface area contributed by atoms with Gasteiger partial charge in [-0.2, -0.15) is 0 Å². The fourth-order valence-electron chi connectivity index (χ4n) is 4.70. The molecule has 1 saturated heterocycles. The van der Waals surface area contributed by atoms with E-state index >= 15 is 0 Å². The molecule has 0 unspecified atom stereocenters. The lowest BCUT2D eigenvalue weighted by molar-refractivity contribution is 0.0300. The minimum Gasteiger partial charge on any atom is -0.378 e. The Kier molecular flexibility index (Phi) is 4.63. The second kappa shape index (κ2) is 6.80. The number of aromatic nitrogens is 2. The van der Waals surface area contributed by atoms with Gasteiger partial charge in [0, 0.05) is 30.7 Å². The monoisotopic (exact) mass is 358 g/mol. The van der Waals surface area contributed by atoms with E-state index < -0.39 is 0 Å². The van der Waals surface area contributed by atoms with E-state index in [1.54, 1.807) is 6.20 Å². The van der Waals surface area contributed by atoms with Crippen LogP contribution in [-0.4, -0.2) is 53.1 Å². The van der Waals surface area contributed by atoms with E-state index in [4.69, 9.17) is 9.72 Å². The van der Waals surface area contributed by atoms with Crippen LogP contribution in [0.2, 0.25) is 0 Å². The second-order valence-corrected chi connectivity index (χ2v) is 9.04. The van der Waals surface area contributed by atoms with Crippen LogP contribution in [0.3, 0.4) is 0 Å². The Morgan fingerprint density at radius 2 is 2.00 bits per heavy atom. The summed E-state index contributed by atoms with van der Waals surface area (Å²) < 4.78 is 5.37. The summed E-state index contributed by atoms with van der Waals surface area (Å²) in [5, 5.41) is 3.56. The number of amides is 1. The third kappa shape index (κ3) is 3.43. The van der Waals surface area contributed by atoms with E-state index in [9.17, 15) is 4.79 Å². The van der Waals surface area contributed by atoms with Crippen molar-refractivity contribution in [2.24, 2.45) is 11.8 Å². The first-order chi connectivity index (χ1) is 12.4. The number of fused-ring (bicyclic) bond motifs is 2. The maximum absolute atomic E-state index is 13.0. The molecule has 0 aromatic carbocycles. The first kappa shape index (κ1) is 17.7. The summed E-state index contributed by atoms with van der Waals surface area (Å²) in [5.41, 5.74) is 1.23. The van der Waals surface area contributed by atoms with Crippen molar-refractivity contribution >= 4 is 11.9 Å². The lowest BCUT2D eigenvalue weighted by Crippen LogP contribution is -2.41. The molecule has 2 aliphatic carbocycles. The summed E-state index contributed by atoms with van der Waals surface area (Å²) in [6.07, 6.45) is 7.00. The molecule has 0 radical (unpaired) electrons. The average Bonchev–Trinajstić information content (AvgIpc) is 3.24. The predicted molar refractivity (Wildman–Crippen MR) is 100 cm³/mol. The normalized spacial score (nSPS) is 28.4. The Labute approximate surface area is 155 Å². The molecule has 2 heterocycles. The molecule has 3 atom stereocenters. The molecule has 3 aliphatic rings. The van der Waals surface area contributed by atoms with Gasteiger partial charge in [0.05, 0.1) is 24.5 Å². The van der Waals surface area contributed by atoms with Crippen LogP contribution in [0.4, 0.5) is 5.95 Å². The van der Waals surface area contributed by atoms with Gasteiger partial charge >= 0.3 is 0 Å². The van der Waals surface area contributed by atoms with Gasteiger partial charge in [0.1, 0.15) is 0 Å². The van der Waals surface area contributed by atoms with Gasteiger partial charge in [-0.15, -0.1) is 0 Å². The smallest absolute Gasteiger partial charge is 0.257 e. The predicted octanol–water partition coefficient (Wildman–Crippen LogP) is 2.85. The fourth-order valence-corrected chi connectivity index (χ4v) is 4.70. The molecule has 0 spiro atoms. The zero-order chi connectivity index (χ0) is 18.3. The van der Waals surface area contributed by atoms with Crippen LogP contribution in [0.1, 0.15) is 62.5 Å². The number of nitrogens with one attached hydrogen (secondary N) is 1. The van der Waals surface area contributed by atoms with E-state index in [0.29, 0.717) is 43.9 Å². The Morgan fingerprint density at radius 3 is 2.62 bits per heavy atom. The molecule has 1 aromatic heterocycles. The molecule has 1 N–H and O–H groups in total. The molecular formula is C20H30N4O2. The highest BCUT2D eigenvalue weighted by Gasteiger charge is 2.40. The number of carbonyl (C=O) groups is 1. The van der Waals surface area contributed by atoms with Crippen molar-refractivity contribution in [3.63, 3.8) is 0 Å². The van der Waals surface area contributed by atoms with Crippen LogP contribution >= 0.6 is 0 Å². The van der Waals surface area contributed by atoms with Crippen molar-refractivity contribution in [3.05, 3.63) is 17.5 Å². The van der Waals surface area contributed by atoms with E-state index in [1.165, 1.54) is 25.7 Å². The number of ether oxygens (including phenoxy) is 1. The molecule has 1 aromatic rings. The topological polar surface area (TPSA) is 67.4 Å². The van der Waals surface area contributed by atoms with Crippen LogP contribution in [-0.2, 0) is 10.2 Å². The SMILES string of the molecule is CC(C)(C)c1nc(N[C@@H]2C[C@H]3CC[C@@H]2C3)ncc1C(=O)N1CCOCC1. The van der Waals surface area contributed by atoms with Gasteiger partial charge in [0.25, 0.3) is 5.91 Å². The number of nitrogens with zero attached hydrogens (tertiary/aromatic N) is 3. The Hall–Kier alpha value is -1.69. The molecule has 142 valence electrons. The second-order valence-electron chi connectivity index (χ2n) is 9.04. The molecule has 6 nitrogen and oxygen atoms in total. The molecule has 2 saturated carbocycles. The Bertz CT molecular complexity index is 679. The van der Waals surface area contributed by atoms with Gasteiger partial charge in [-0.25, -0.2) is 9.97 Å². The maximum atomic E-state index is 13.0. The summed E-state index contributed by atoms with van der Waals surface area (Å²) in [6, 6.07) is 0.488. The molecule has 4 rings (SSSR count). The van der Waals surface area contributed by atoms with Crippen molar-refractivity contribution < 1.29 is 9.53 Å². The highest BCUT2D eigenvalue weighted by Crippen LogP contribution is 2.45. The third-order valence-electron chi connectivity index (χ3n) is 6.08. The number of anilines is 1. The zero-order valence-corrected chi connectivity index (χ0v) is 16.1. The highest BCUT2D eigenvalue weighted by molar-refractivity contribution is 5.95. The van der Waals surface area contributed by atoms with Crippen molar-refractivity contribution in [2.75, 3.05) is 31.6 Å². The van der Waals surface area contributed by atoms with Gasteiger partial charge < -0.3 is 15.0 Å². The van der Waals surface area contributed by atoms with Crippen molar-refractivity contribution in [1.82, 2.24) is 14.9 Å². The van der Waals surface area contributed by atoms with Crippen molar-refractivity contribution in [3.8, 4) is 0 Å². The standard InChI is InChI=1S/C20H30N4O2/c1-20(2,3)17-15(18(25)24-6-8-26-9-7-24)12-21-19(23-17)22-16-11-13-4-5-14(16)10-13/h12-14,16H,4-11H2,1-3H3,(H,21,22,23)/t13-,14+,16+/m0/s1. The van der Waals surface area contributed by atoms with E-state index in [1.807, 2.05) is 4.90 Å². The minimum atomic E-state index is -0.217. The molecule has 2 bridgehead atoms. The summed E-state index contributed by atoms with van der Waals surface area (Å²) in [7, 11) is 0. The maximum Gasteiger partial charge on any atom is 0.257 e. The number of hydrogen-bond acceptors (Lipinski definition) is 5. The van der Waals surface area contributed by atoms with Gasteiger partial charge in [-0.3, -0.25) is 4.79 Å². The van der Waals surface area contributed by atoms with Crippen LogP contribution < -0.4 is 5.32 Å². The first-order valence-electron chi connectivity index (χ1n) is 9.93. The quantitative estimate of drug-likeness (QED) is 0.900. The minimum absolute atomic E-state index is 0.0182. The van der Waals surface area contributed by atoms with E-state index in [0.717, 1.165) is 17.5 Å². The molecule has 3 fully saturated rings. The van der Waals surface area contributed by atoms with Gasteiger partial charge in [0.2, 0.25) is 5.95 Å². The van der Waals surface area contributed by atoms with Gasteiger partial charge in [0.15, 0.2) is 0 Å². The lowest BCUT2D eigenvalue weighted by atomic mass is 9.88. The van der Waals surface area contributed by atoms with E-state index in [2.05, 4.69) is 31.1 Å². The molecule has 6 heteroatoms. The lowest BCUT2D eigenvalue weighted by Gasteiger charge is -2.29. The van der Waals surface area contributed by atoms with Crippen LogP contribution in [0.5, 0.6) is 0 Å². The Balaban J connectivity index is 1.57. The number of rotatable bonds is 3. The number of carbonyl (C=O) groups excluding carboxylic acids is 1. The molecular weight excluding hydrogens is 328 g/mol. The van der Waals surface area contributed by atoms with Crippen LogP contribution in [0.25, 0.3) is 0 Å². The van der Waals surface area contributed by atoms with Gasteiger partial charge in [-0.05, 0) is 31.1 Å². The van der Waals surface area contributed by atoms with Gasteiger partial charge in [-0.1, -0.05) is 27.2 Å². The van der Waals surface area contributed by atoms with E-state index in [-0.39, 0.29) is 11.3 Å². The third-order valence-corrected chi connectivity index (χ3v) is 6.08. The largest absolute Gasteiger partial charge is 0.378 e. The summed E-state index contributed by atoms with van der Waals surface area (Å²) in [4.78, 5) is 24.2. The van der Waals surface area contributed by atoms with Crippen LogP contribution in [0, 0.1) is 11.8 Å². The van der Waals surface area contributed by atoms with Crippen molar-refractivity contribution in [2.45, 2.75) is 57.9 Å². The summed E-state index contributed by atoms with van der Waals surface area (Å²) in [6.45, 7) is 8.77. The average molecular weight is 358 g/mol. The fraction of sp³-hybridized carbons (Fsp3) is 0.750. The van der Waals surface area contributed by atoms with Crippen LogP contribution in [0.15, 0.2) is 6.20 Å². The molecule has 1 aliphatic heterocycles. The first-order valence-corrected chi connectivity index (χ1v) is 9.93.